The maximum absolute atomic E-state index is 9.36. The molecule has 1 rings (SSSR count). The molecule has 1 aliphatic carbocycles. The smallest absolute Gasteiger partial charge is 0.300 e. The number of hydrogen-bond donors (Lipinski definition) is 2. The van der Waals surface area contributed by atoms with E-state index in [4.69, 9.17) is 9.90 Å². The first-order chi connectivity index (χ1) is 6.07. The Morgan fingerprint density at radius 2 is 1.92 bits per heavy atom. The van der Waals surface area contributed by atoms with E-state index in [2.05, 4.69) is 22.6 Å². The van der Waals surface area contributed by atoms with Gasteiger partial charge in [0.05, 0.1) is 6.10 Å². The van der Waals surface area contributed by atoms with Crippen LogP contribution in [-0.4, -0.2) is 26.7 Å². The molecule has 0 aliphatic heterocycles. The number of aliphatic carboxylic acids is 1. The number of rotatable bonds is 1. The molecule has 1 aliphatic rings. The van der Waals surface area contributed by atoms with Crippen molar-refractivity contribution in [1.82, 2.24) is 0 Å². The highest BCUT2D eigenvalue weighted by Crippen LogP contribution is 2.25. The third-order valence-electron chi connectivity index (χ3n) is 2.07. The summed E-state index contributed by atoms with van der Waals surface area (Å²) in [6.45, 7) is 1.08. The molecule has 4 heteroatoms. The average molecular weight is 300 g/mol. The zero-order valence-corrected chi connectivity index (χ0v) is 10.0. The van der Waals surface area contributed by atoms with Crippen LogP contribution in [0.25, 0.3) is 0 Å². The fraction of sp³-hybridized carbons (Fsp3) is 0.889. The van der Waals surface area contributed by atoms with Crippen LogP contribution in [0.3, 0.4) is 0 Å². The third kappa shape index (κ3) is 7.25. The molecule has 0 aromatic heterocycles. The largest absolute Gasteiger partial charge is 0.481 e. The SMILES string of the molecule is CC(=O)O.O[C@@H]1CCCC[C@H]1CI. The molecule has 0 bridgehead atoms. The van der Waals surface area contributed by atoms with Crippen molar-refractivity contribution in [3.05, 3.63) is 0 Å². The van der Waals surface area contributed by atoms with Crippen LogP contribution in [0.2, 0.25) is 0 Å². The standard InChI is InChI=1S/C7H13IO.C2H4O2/c8-5-6-3-1-2-4-7(6)9;1-2(3)4/h6-7,9H,1-5H2;1H3,(H,3,4)/t6-,7+;/m0./s1. The summed E-state index contributed by atoms with van der Waals surface area (Å²) in [5.74, 6) is -0.237. The summed E-state index contributed by atoms with van der Waals surface area (Å²) in [7, 11) is 0. The summed E-state index contributed by atoms with van der Waals surface area (Å²) in [4.78, 5) is 9.00. The van der Waals surface area contributed by atoms with Gasteiger partial charge in [-0.1, -0.05) is 35.4 Å². The van der Waals surface area contributed by atoms with Crippen molar-refractivity contribution in [2.45, 2.75) is 38.7 Å². The number of carboxylic acid groups (broad SMARTS) is 1. The van der Waals surface area contributed by atoms with Crippen molar-refractivity contribution in [2.75, 3.05) is 4.43 Å². The Hall–Kier alpha value is 0.160. The lowest BCUT2D eigenvalue weighted by Gasteiger charge is -2.25. The second-order valence-corrected chi connectivity index (χ2v) is 4.17. The highest BCUT2D eigenvalue weighted by molar-refractivity contribution is 14.1. The highest BCUT2D eigenvalue weighted by atomic mass is 127. The lowest BCUT2D eigenvalue weighted by Crippen LogP contribution is -2.25. The minimum atomic E-state index is -0.833. The van der Waals surface area contributed by atoms with Crippen LogP contribution >= 0.6 is 22.6 Å². The quantitative estimate of drug-likeness (QED) is 0.576. The second kappa shape index (κ2) is 7.55. The van der Waals surface area contributed by atoms with Gasteiger partial charge in [0.2, 0.25) is 0 Å². The van der Waals surface area contributed by atoms with E-state index in [1.165, 1.54) is 19.3 Å². The normalized spacial score (nSPS) is 27.3. The number of hydrogen-bond acceptors (Lipinski definition) is 2. The summed E-state index contributed by atoms with van der Waals surface area (Å²) in [5.41, 5.74) is 0. The van der Waals surface area contributed by atoms with Crippen molar-refractivity contribution in [1.29, 1.82) is 0 Å². The summed E-state index contributed by atoms with van der Waals surface area (Å²) < 4.78 is 1.12. The van der Waals surface area contributed by atoms with E-state index < -0.39 is 5.97 Å². The zero-order chi connectivity index (χ0) is 10.3. The van der Waals surface area contributed by atoms with Gasteiger partial charge < -0.3 is 10.2 Å². The Morgan fingerprint density at radius 1 is 1.46 bits per heavy atom. The van der Waals surface area contributed by atoms with Crippen molar-refractivity contribution in [3.8, 4) is 0 Å². The molecule has 3 nitrogen and oxygen atoms in total. The van der Waals surface area contributed by atoms with E-state index >= 15 is 0 Å². The maximum atomic E-state index is 9.36. The number of carboxylic acids is 1. The molecule has 78 valence electrons. The Morgan fingerprint density at radius 3 is 2.23 bits per heavy atom. The lowest BCUT2D eigenvalue weighted by atomic mass is 9.88. The first-order valence-corrected chi connectivity index (χ1v) is 6.04. The van der Waals surface area contributed by atoms with Gasteiger partial charge in [-0.25, -0.2) is 0 Å². The Labute approximate surface area is 92.7 Å². The molecule has 0 radical (unpaired) electrons. The van der Waals surface area contributed by atoms with E-state index in [0.29, 0.717) is 5.92 Å². The molecule has 0 saturated heterocycles. The van der Waals surface area contributed by atoms with Gasteiger partial charge >= 0.3 is 0 Å². The summed E-state index contributed by atoms with van der Waals surface area (Å²) in [6, 6.07) is 0. The van der Waals surface area contributed by atoms with Gasteiger partial charge in [0.1, 0.15) is 0 Å². The monoisotopic (exact) mass is 300 g/mol. The first kappa shape index (κ1) is 13.2. The van der Waals surface area contributed by atoms with E-state index in [1.54, 1.807) is 0 Å². The van der Waals surface area contributed by atoms with E-state index in [9.17, 15) is 5.11 Å². The van der Waals surface area contributed by atoms with Crippen molar-refractivity contribution in [3.63, 3.8) is 0 Å². The van der Waals surface area contributed by atoms with E-state index in [1.807, 2.05) is 0 Å². The zero-order valence-electron chi connectivity index (χ0n) is 7.87. The first-order valence-electron chi connectivity index (χ1n) is 4.51. The molecule has 0 spiro atoms. The van der Waals surface area contributed by atoms with Crippen LogP contribution in [0.1, 0.15) is 32.6 Å². The van der Waals surface area contributed by atoms with Crippen LogP contribution in [0.15, 0.2) is 0 Å². The molecular weight excluding hydrogens is 283 g/mol. The van der Waals surface area contributed by atoms with Gasteiger partial charge in [0, 0.05) is 11.4 Å². The van der Waals surface area contributed by atoms with E-state index in [-0.39, 0.29) is 6.10 Å². The number of halogens is 1. The second-order valence-electron chi connectivity index (χ2n) is 3.29. The molecular formula is C9H17IO3. The predicted molar refractivity (Wildman–Crippen MR) is 60.2 cm³/mol. The molecule has 2 atom stereocenters. The summed E-state index contributed by atoms with van der Waals surface area (Å²) in [5, 5.41) is 16.8. The molecule has 0 amide bonds. The summed E-state index contributed by atoms with van der Waals surface area (Å²) >= 11 is 2.36. The Kier molecular flexibility index (Phi) is 7.65. The molecule has 13 heavy (non-hydrogen) atoms. The molecule has 0 aromatic carbocycles. The third-order valence-corrected chi connectivity index (χ3v) is 3.20. The number of aliphatic hydroxyl groups is 1. The van der Waals surface area contributed by atoms with Gasteiger partial charge in [-0.2, -0.15) is 0 Å². The Bertz CT molecular complexity index is 146. The van der Waals surface area contributed by atoms with Crippen molar-refractivity contribution in [2.24, 2.45) is 5.92 Å². The molecule has 1 fully saturated rings. The van der Waals surface area contributed by atoms with E-state index in [0.717, 1.165) is 17.8 Å². The topological polar surface area (TPSA) is 57.5 Å². The van der Waals surface area contributed by atoms with Crippen LogP contribution in [-0.2, 0) is 4.79 Å². The van der Waals surface area contributed by atoms with Gasteiger partial charge in [-0.15, -0.1) is 0 Å². The maximum Gasteiger partial charge on any atom is 0.300 e. The van der Waals surface area contributed by atoms with Crippen LogP contribution in [0.4, 0.5) is 0 Å². The predicted octanol–water partition coefficient (Wildman–Crippen LogP) is 2.06. The van der Waals surface area contributed by atoms with Crippen LogP contribution < -0.4 is 0 Å². The molecule has 0 unspecified atom stereocenters. The van der Waals surface area contributed by atoms with Crippen LogP contribution in [0.5, 0.6) is 0 Å². The number of alkyl halides is 1. The van der Waals surface area contributed by atoms with Gasteiger partial charge in [-0.3, -0.25) is 4.79 Å². The molecule has 0 aromatic rings. The molecule has 1 saturated carbocycles. The Balaban J connectivity index is 0.000000310. The minimum absolute atomic E-state index is 0.00986. The number of aliphatic hydroxyl groups excluding tert-OH is 1. The van der Waals surface area contributed by atoms with Gasteiger partial charge in [0.25, 0.3) is 5.97 Å². The lowest BCUT2D eigenvalue weighted by molar-refractivity contribution is -0.134. The van der Waals surface area contributed by atoms with Crippen molar-refractivity contribution < 1.29 is 15.0 Å². The highest BCUT2D eigenvalue weighted by Gasteiger charge is 2.20. The summed E-state index contributed by atoms with van der Waals surface area (Å²) in [6.07, 6.45) is 4.84. The fourth-order valence-corrected chi connectivity index (χ4v) is 2.40. The van der Waals surface area contributed by atoms with Gasteiger partial charge in [-0.05, 0) is 18.8 Å². The number of carbonyl (C=O) groups is 1. The molecule has 2 N–H and O–H groups in total. The average Bonchev–Trinajstić information content (AvgIpc) is 2.04. The molecule has 0 heterocycles. The fourth-order valence-electron chi connectivity index (χ4n) is 1.37. The van der Waals surface area contributed by atoms with Crippen molar-refractivity contribution >= 4 is 28.6 Å². The van der Waals surface area contributed by atoms with Gasteiger partial charge in [0.15, 0.2) is 0 Å². The minimum Gasteiger partial charge on any atom is -0.481 e. The van der Waals surface area contributed by atoms with Crippen LogP contribution in [0, 0.1) is 5.92 Å².